The van der Waals surface area contributed by atoms with Gasteiger partial charge in [0.05, 0.1) is 35.0 Å². The molecule has 1 saturated heterocycles. The summed E-state index contributed by atoms with van der Waals surface area (Å²) in [7, 11) is 0. The van der Waals surface area contributed by atoms with Gasteiger partial charge in [0.25, 0.3) is 0 Å². The third kappa shape index (κ3) is 4.05. The molecule has 0 aliphatic carbocycles. The lowest BCUT2D eigenvalue weighted by atomic mass is 10.1. The van der Waals surface area contributed by atoms with Crippen LogP contribution < -0.4 is 4.74 Å². The summed E-state index contributed by atoms with van der Waals surface area (Å²) >= 11 is 6.46. The van der Waals surface area contributed by atoms with Crippen LogP contribution >= 0.6 is 11.6 Å². The second-order valence-corrected chi connectivity index (χ2v) is 7.62. The van der Waals surface area contributed by atoms with Crippen molar-refractivity contribution in [3.8, 4) is 28.5 Å². The lowest BCUT2D eigenvalue weighted by Gasteiger charge is -2.26. The first kappa shape index (κ1) is 19.1. The molecule has 4 aromatic rings. The standard InChI is InChI=1S/C22H22ClN5O2/c23-16-13-15(5-6-21(16)30-12-9-28-7-10-29-11-8-28)19-14-20(27-26-19)22-24-17-3-1-2-4-18(17)25-22/h1-6,13-14H,7-12H2,(H,24,25)(H,26,27). The fraction of sp³-hybridized carbons (Fsp3) is 0.273. The predicted molar refractivity (Wildman–Crippen MR) is 117 cm³/mol. The molecule has 154 valence electrons. The van der Waals surface area contributed by atoms with Crippen LogP contribution in [0.25, 0.3) is 33.8 Å². The van der Waals surface area contributed by atoms with Crippen molar-refractivity contribution in [1.29, 1.82) is 0 Å². The van der Waals surface area contributed by atoms with Crippen molar-refractivity contribution in [2.45, 2.75) is 0 Å². The Morgan fingerprint density at radius 3 is 2.80 bits per heavy atom. The Labute approximate surface area is 179 Å². The van der Waals surface area contributed by atoms with E-state index in [9.17, 15) is 0 Å². The summed E-state index contributed by atoms with van der Waals surface area (Å²) in [5.41, 5.74) is 4.45. The van der Waals surface area contributed by atoms with Crippen molar-refractivity contribution in [3.63, 3.8) is 0 Å². The van der Waals surface area contributed by atoms with Crippen LogP contribution in [0, 0.1) is 0 Å². The molecule has 1 aliphatic rings. The molecule has 2 N–H and O–H groups in total. The molecule has 0 bridgehead atoms. The van der Waals surface area contributed by atoms with Crippen LogP contribution in [0.4, 0.5) is 0 Å². The average molecular weight is 424 g/mol. The molecule has 2 aromatic carbocycles. The van der Waals surface area contributed by atoms with Crippen LogP contribution in [-0.4, -0.2) is 64.5 Å². The second kappa shape index (κ2) is 8.47. The first-order valence-electron chi connectivity index (χ1n) is 9.99. The number of ether oxygens (including phenoxy) is 2. The van der Waals surface area contributed by atoms with E-state index in [-0.39, 0.29) is 0 Å². The Kier molecular flexibility index (Phi) is 5.40. The number of H-pyrrole nitrogens is 2. The van der Waals surface area contributed by atoms with Gasteiger partial charge in [-0.3, -0.25) is 10.00 Å². The largest absolute Gasteiger partial charge is 0.491 e. The van der Waals surface area contributed by atoms with Gasteiger partial charge in [0, 0.05) is 25.2 Å². The zero-order valence-corrected chi connectivity index (χ0v) is 17.2. The molecular formula is C22H22ClN5O2. The monoisotopic (exact) mass is 423 g/mol. The van der Waals surface area contributed by atoms with Crippen molar-refractivity contribution in [1.82, 2.24) is 25.1 Å². The van der Waals surface area contributed by atoms with Crippen LogP contribution in [0.1, 0.15) is 0 Å². The minimum atomic E-state index is 0.572. The number of hydrogen-bond acceptors (Lipinski definition) is 5. The number of aromatic amines is 2. The highest BCUT2D eigenvalue weighted by molar-refractivity contribution is 6.32. The lowest BCUT2D eigenvalue weighted by molar-refractivity contribution is 0.0322. The summed E-state index contributed by atoms with van der Waals surface area (Å²) in [5, 5.41) is 8.05. The van der Waals surface area contributed by atoms with E-state index >= 15 is 0 Å². The zero-order valence-electron chi connectivity index (χ0n) is 16.4. The van der Waals surface area contributed by atoms with Gasteiger partial charge in [-0.25, -0.2) is 4.98 Å². The van der Waals surface area contributed by atoms with E-state index < -0.39 is 0 Å². The van der Waals surface area contributed by atoms with Crippen LogP contribution in [0.15, 0.2) is 48.5 Å². The molecule has 8 heteroatoms. The number of morpholine rings is 1. The highest BCUT2D eigenvalue weighted by Gasteiger charge is 2.13. The molecule has 2 aromatic heterocycles. The van der Waals surface area contributed by atoms with Crippen LogP contribution in [-0.2, 0) is 4.74 Å². The molecule has 0 amide bonds. The van der Waals surface area contributed by atoms with Crippen molar-refractivity contribution < 1.29 is 9.47 Å². The Bertz CT molecular complexity index is 1120. The Morgan fingerprint density at radius 1 is 1.10 bits per heavy atom. The highest BCUT2D eigenvalue weighted by Crippen LogP contribution is 2.31. The Balaban J connectivity index is 1.27. The van der Waals surface area contributed by atoms with E-state index in [2.05, 4.69) is 25.1 Å². The van der Waals surface area contributed by atoms with E-state index in [4.69, 9.17) is 21.1 Å². The molecule has 0 saturated carbocycles. The van der Waals surface area contributed by atoms with Crippen LogP contribution in [0.5, 0.6) is 5.75 Å². The van der Waals surface area contributed by atoms with Gasteiger partial charge in [0.1, 0.15) is 18.1 Å². The Morgan fingerprint density at radius 2 is 1.97 bits per heavy atom. The van der Waals surface area contributed by atoms with Crippen LogP contribution in [0.3, 0.4) is 0 Å². The summed E-state index contributed by atoms with van der Waals surface area (Å²) in [6.07, 6.45) is 0. The first-order chi connectivity index (χ1) is 14.8. The number of fused-ring (bicyclic) bond motifs is 1. The van der Waals surface area contributed by atoms with Gasteiger partial charge in [-0.15, -0.1) is 0 Å². The molecule has 0 unspecified atom stereocenters. The maximum absolute atomic E-state index is 6.46. The molecular weight excluding hydrogens is 402 g/mol. The SMILES string of the molecule is Clc1cc(-c2cc(-c3nc4ccccc4[nH]3)[nH]n2)ccc1OCCN1CCOCC1. The number of para-hydroxylation sites is 2. The Hall–Kier alpha value is -2.87. The highest BCUT2D eigenvalue weighted by atomic mass is 35.5. The van der Waals surface area contributed by atoms with Crippen LogP contribution in [0.2, 0.25) is 5.02 Å². The maximum Gasteiger partial charge on any atom is 0.156 e. The number of halogens is 1. The normalized spacial score (nSPS) is 15.0. The molecule has 1 aliphatic heterocycles. The quantitative estimate of drug-likeness (QED) is 0.490. The molecule has 30 heavy (non-hydrogen) atoms. The smallest absolute Gasteiger partial charge is 0.156 e. The summed E-state index contributed by atoms with van der Waals surface area (Å²) in [5.74, 6) is 1.44. The minimum Gasteiger partial charge on any atom is -0.491 e. The number of rotatable bonds is 6. The number of benzene rings is 2. The van der Waals surface area contributed by atoms with Gasteiger partial charge in [-0.1, -0.05) is 23.7 Å². The van der Waals surface area contributed by atoms with E-state index in [0.717, 1.165) is 66.7 Å². The average Bonchev–Trinajstić information content (AvgIpc) is 3.43. The molecule has 0 spiro atoms. The van der Waals surface area contributed by atoms with E-state index in [1.807, 2.05) is 48.5 Å². The predicted octanol–water partition coefficient (Wildman–Crippen LogP) is 3.98. The molecule has 5 rings (SSSR count). The van der Waals surface area contributed by atoms with E-state index in [0.29, 0.717) is 17.4 Å². The molecule has 7 nitrogen and oxygen atoms in total. The number of aromatic nitrogens is 4. The fourth-order valence-electron chi connectivity index (χ4n) is 3.56. The summed E-state index contributed by atoms with van der Waals surface area (Å²) in [4.78, 5) is 10.2. The maximum atomic E-state index is 6.46. The van der Waals surface area contributed by atoms with Gasteiger partial charge < -0.3 is 14.5 Å². The molecule has 3 heterocycles. The third-order valence-electron chi connectivity index (χ3n) is 5.22. The number of imidazole rings is 1. The first-order valence-corrected chi connectivity index (χ1v) is 10.4. The molecule has 0 atom stereocenters. The summed E-state index contributed by atoms with van der Waals surface area (Å²) < 4.78 is 11.2. The topological polar surface area (TPSA) is 79.1 Å². The number of nitrogens with zero attached hydrogens (tertiary/aromatic N) is 3. The third-order valence-corrected chi connectivity index (χ3v) is 5.51. The van der Waals surface area contributed by atoms with Crippen molar-refractivity contribution >= 4 is 22.6 Å². The van der Waals surface area contributed by atoms with Crippen molar-refractivity contribution in [2.75, 3.05) is 39.5 Å². The van der Waals surface area contributed by atoms with Crippen molar-refractivity contribution in [2.24, 2.45) is 0 Å². The second-order valence-electron chi connectivity index (χ2n) is 7.22. The van der Waals surface area contributed by atoms with E-state index in [1.165, 1.54) is 0 Å². The molecule has 0 radical (unpaired) electrons. The molecule has 1 fully saturated rings. The van der Waals surface area contributed by atoms with Crippen molar-refractivity contribution in [3.05, 3.63) is 53.6 Å². The lowest BCUT2D eigenvalue weighted by Crippen LogP contribution is -2.38. The zero-order chi connectivity index (χ0) is 20.3. The van der Waals surface area contributed by atoms with Gasteiger partial charge in [0.15, 0.2) is 5.82 Å². The minimum absolute atomic E-state index is 0.572. The summed E-state index contributed by atoms with van der Waals surface area (Å²) in [6.45, 7) is 4.93. The fourth-order valence-corrected chi connectivity index (χ4v) is 3.79. The van der Waals surface area contributed by atoms with Gasteiger partial charge in [0.2, 0.25) is 0 Å². The van der Waals surface area contributed by atoms with Gasteiger partial charge >= 0.3 is 0 Å². The number of hydrogen-bond donors (Lipinski definition) is 2. The van der Waals surface area contributed by atoms with Gasteiger partial charge in [-0.2, -0.15) is 5.10 Å². The summed E-state index contributed by atoms with van der Waals surface area (Å²) in [6, 6.07) is 15.6. The van der Waals surface area contributed by atoms with E-state index in [1.54, 1.807) is 0 Å². The number of nitrogens with one attached hydrogen (secondary N) is 2. The van der Waals surface area contributed by atoms with Gasteiger partial charge in [-0.05, 0) is 36.4 Å².